The third-order valence-corrected chi connectivity index (χ3v) is 6.10. The van der Waals surface area contributed by atoms with Gasteiger partial charge in [-0.1, -0.05) is 71.9 Å². The monoisotopic (exact) mass is 444 g/mol. The van der Waals surface area contributed by atoms with E-state index in [1.54, 1.807) is 35.0 Å². The minimum atomic E-state index is -0.120. The Labute approximate surface area is 188 Å². The van der Waals surface area contributed by atoms with Crippen molar-refractivity contribution in [2.24, 2.45) is 0 Å². The average molecular weight is 445 g/mol. The van der Waals surface area contributed by atoms with E-state index >= 15 is 0 Å². The summed E-state index contributed by atoms with van der Waals surface area (Å²) in [5.41, 5.74) is 3.48. The zero-order valence-electron chi connectivity index (χ0n) is 16.3. The number of benzene rings is 3. The number of hydrogen-bond acceptors (Lipinski definition) is 4. The molecule has 0 radical (unpaired) electrons. The molecule has 0 unspecified atom stereocenters. The molecule has 0 atom stereocenters. The molecule has 2 heterocycles. The fourth-order valence-electron chi connectivity index (χ4n) is 3.49. The molecule has 1 amide bonds. The van der Waals surface area contributed by atoms with Gasteiger partial charge >= 0.3 is 0 Å². The molecule has 1 N–H and O–H groups in total. The normalized spacial score (nSPS) is 11.1. The molecule has 0 aliphatic carbocycles. The Balaban J connectivity index is 1.40. The molecular weight excluding hydrogens is 428 g/mol. The number of anilines is 1. The summed E-state index contributed by atoms with van der Waals surface area (Å²) in [6, 6.07) is 23.6. The minimum absolute atomic E-state index is 0.120. The van der Waals surface area contributed by atoms with Crippen molar-refractivity contribution in [3.63, 3.8) is 0 Å². The van der Waals surface area contributed by atoms with E-state index in [-0.39, 0.29) is 11.7 Å². The van der Waals surface area contributed by atoms with E-state index < -0.39 is 0 Å². The molecule has 0 aliphatic heterocycles. The van der Waals surface area contributed by atoms with Crippen LogP contribution < -0.4 is 5.32 Å². The van der Waals surface area contributed by atoms with Gasteiger partial charge in [-0.15, -0.1) is 0 Å². The van der Waals surface area contributed by atoms with Crippen LogP contribution in [-0.2, 0) is 4.79 Å². The van der Waals surface area contributed by atoms with E-state index in [4.69, 9.17) is 16.7 Å². The molecule has 152 valence electrons. The molecule has 0 aliphatic rings. The Morgan fingerprint density at radius 3 is 2.77 bits per heavy atom. The second kappa shape index (κ2) is 8.41. The highest BCUT2D eigenvalue weighted by Gasteiger charge is 2.13. The molecule has 0 saturated heterocycles. The van der Waals surface area contributed by atoms with Gasteiger partial charge in [-0.05, 0) is 35.0 Å². The largest absolute Gasteiger partial charge is 0.325 e. The first-order valence-corrected chi connectivity index (χ1v) is 11.0. The van der Waals surface area contributed by atoms with Crippen LogP contribution in [0.5, 0.6) is 0 Å². The number of halogens is 1. The van der Waals surface area contributed by atoms with E-state index in [9.17, 15) is 4.79 Å². The predicted octanol–water partition coefficient (Wildman–Crippen LogP) is 5.93. The quantitative estimate of drug-likeness (QED) is 0.341. The van der Waals surface area contributed by atoms with E-state index in [0.29, 0.717) is 10.7 Å². The standard InChI is InChI=1S/C24H17ClN4OS/c25-17-7-4-8-18(13-17)27-23(30)15-31-24-22-14-21(28-29(22)12-11-26-24)20-10-3-6-16-5-1-2-9-19(16)20/h1-14H,15H2,(H,27,30). The summed E-state index contributed by atoms with van der Waals surface area (Å²) in [7, 11) is 0. The first-order chi connectivity index (χ1) is 15.2. The second-order valence-corrected chi connectivity index (χ2v) is 8.37. The van der Waals surface area contributed by atoms with Crippen molar-refractivity contribution in [1.29, 1.82) is 0 Å². The van der Waals surface area contributed by atoms with Gasteiger partial charge in [0, 0.05) is 28.7 Å². The molecule has 0 spiro atoms. The lowest BCUT2D eigenvalue weighted by Crippen LogP contribution is -2.14. The fourth-order valence-corrected chi connectivity index (χ4v) is 4.45. The number of fused-ring (bicyclic) bond motifs is 2. The average Bonchev–Trinajstić information content (AvgIpc) is 3.22. The molecule has 0 fully saturated rings. The number of nitrogens with one attached hydrogen (secondary N) is 1. The number of hydrogen-bond donors (Lipinski definition) is 1. The summed E-state index contributed by atoms with van der Waals surface area (Å²) in [5, 5.41) is 11.3. The lowest BCUT2D eigenvalue weighted by atomic mass is 10.0. The number of rotatable bonds is 5. The maximum absolute atomic E-state index is 12.4. The highest BCUT2D eigenvalue weighted by atomic mass is 35.5. The van der Waals surface area contributed by atoms with Crippen LogP contribution in [0.15, 0.2) is 90.2 Å². The summed E-state index contributed by atoms with van der Waals surface area (Å²) < 4.78 is 1.81. The van der Waals surface area contributed by atoms with E-state index in [1.807, 2.05) is 30.5 Å². The van der Waals surface area contributed by atoms with Gasteiger partial charge in [-0.2, -0.15) is 5.10 Å². The van der Waals surface area contributed by atoms with Crippen molar-refractivity contribution in [3.8, 4) is 11.3 Å². The van der Waals surface area contributed by atoms with Crippen LogP contribution in [0.1, 0.15) is 0 Å². The van der Waals surface area contributed by atoms with Crippen molar-refractivity contribution >= 4 is 51.2 Å². The van der Waals surface area contributed by atoms with Crippen LogP contribution in [0.25, 0.3) is 27.5 Å². The molecular formula is C24H17ClN4OS. The number of carbonyl (C=O) groups is 1. The van der Waals surface area contributed by atoms with Crippen LogP contribution in [0.2, 0.25) is 5.02 Å². The van der Waals surface area contributed by atoms with Crippen molar-refractivity contribution in [2.75, 3.05) is 11.1 Å². The summed E-state index contributed by atoms with van der Waals surface area (Å²) >= 11 is 7.36. The smallest absolute Gasteiger partial charge is 0.234 e. The summed E-state index contributed by atoms with van der Waals surface area (Å²) in [6.07, 6.45) is 3.52. The van der Waals surface area contributed by atoms with Gasteiger partial charge in [0.1, 0.15) is 5.03 Å². The van der Waals surface area contributed by atoms with Crippen molar-refractivity contribution in [1.82, 2.24) is 14.6 Å². The second-order valence-electron chi connectivity index (χ2n) is 6.97. The molecule has 5 aromatic rings. The van der Waals surface area contributed by atoms with Crippen LogP contribution in [0.4, 0.5) is 5.69 Å². The maximum atomic E-state index is 12.4. The molecule has 5 nitrogen and oxygen atoms in total. The Bertz CT molecular complexity index is 1410. The topological polar surface area (TPSA) is 59.3 Å². The molecule has 2 aromatic heterocycles. The highest BCUT2D eigenvalue weighted by molar-refractivity contribution is 8.00. The van der Waals surface area contributed by atoms with Gasteiger partial charge in [0.05, 0.1) is 17.0 Å². The number of carbonyl (C=O) groups excluding carboxylic acids is 1. The van der Waals surface area contributed by atoms with E-state index in [2.05, 4.69) is 34.6 Å². The lowest BCUT2D eigenvalue weighted by Gasteiger charge is -2.05. The van der Waals surface area contributed by atoms with Gasteiger partial charge in [-0.25, -0.2) is 9.50 Å². The van der Waals surface area contributed by atoms with Gasteiger partial charge in [0.25, 0.3) is 0 Å². The third-order valence-electron chi connectivity index (χ3n) is 4.87. The van der Waals surface area contributed by atoms with Crippen molar-refractivity contribution in [3.05, 3.63) is 90.2 Å². The van der Waals surface area contributed by atoms with Crippen molar-refractivity contribution < 1.29 is 4.79 Å². The summed E-state index contributed by atoms with van der Waals surface area (Å²) in [4.78, 5) is 16.9. The van der Waals surface area contributed by atoms with Crippen molar-refractivity contribution in [2.45, 2.75) is 5.03 Å². The SMILES string of the molecule is O=C(CSc1nccn2nc(-c3cccc4ccccc34)cc12)Nc1cccc(Cl)c1. The Morgan fingerprint density at radius 2 is 1.87 bits per heavy atom. The Hall–Kier alpha value is -3.35. The minimum Gasteiger partial charge on any atom is -0.325 e. The Kier molecular flexibility index (Phi) is 5.32. The van der Waals surface area contributed by atoms with Gasteiger partial charge < -0.3 is 5.32 Å². The van der Waals surface area contributed by atoms with Gasteiger partial charge in [0.15, 0.2) is 0 Å². The Morgan fingerprint density at radius 1 is 1.03 bits per heavy atom. The number of thioether (sulfide) groups is 1. The molecule has 7 heteroatoms. The molecule has 0 saturated carbocycles. The summed E-state index contributed by atoms with van der Waals surface area (Å²) in [6.45, 7) is 0. The number of nitrogens with zero attached hydrogens (tertiary/aromatic N) is 3. The highest BCUT2D eigenvalue weighted by Crippen LogP contribution is 2.30. The first kappa shape index (κ1) is 19.6. The molecule has 3 aromatic carbocycles. The third kappa shape index (κ3) is 4.13. The van der Waals surface area contributed by atoms with Crippen LogP contribution in [0, 0.1) is 0 Å². The van der Waals surface area contributed by atoms with Crippen LogP contribution >= 0.6 is 23.4 Å². The first-order valence-electron chi connectivity index (χ1n) is 9.68. The molecule has 5 rings (SSSR count). The molecule has 31 heavy (non-hydrogen) atoms. The lowest BCUT2D eigenvalue weighted by molar-refractivity contribution is -0.113. The van der Waals surface area contributed by atoms with E-state index in [1.165, 1.54) is 17.1 Å². The number of amides is 1. The maximum Gasteiger partial charge on any atom is 0.234 e. The predicted molar refractivity (Wildman–Crippen MR) is 127 cm³/mol. The van der Waals surface area contributed by atoms with E-state index in [0.717, 1.165) is 27.2 Å². The van der Waals surface area contributed by atoms with Crippen LogP contribution in [0.3, 0.4) is 0 Å². The van der Waals surface area contributed by atoms with Gasteiger partial charge in [0.2, 0.25) is 5.91 Å². The zero-order valence-corrected chi connectivity index (χ0v) is 17.9. The zero-order chi connectivity index (χ0) is 21.2. The van der Waals surface area contributed by atoms with Gasteiger partial charge in [-0.3, -0.25) is 4.79 Å². The van der Waals surface area contributed by atoms with Crippen LogP contribution in [-0.4, -0.2) is 26.3 Å². The fraction of sp³-hybridized carbons (Fsp3) is 0.0417. The summed E-state index contributed by atoms with van der Waals surface area (Å²) in [5.74, 6) is 0.110. The molecule has 0 bridgehead atoms. The number of aromatic nitrogens is 3.